The van der Waals surface area contributed by atoms with Crippen LogP contribution in [0.4, 0.5) is 4.39 Å². The quantitative estimate of drug-likeness (QED) is 0.319. The van der Waals surface area contributed by atoms with Crippen molar-refractivity contribution in [3.8, 4) is 11.1 Å². The fourth-order valence-electron chi connectivity index (χ4n) is 5.27. The number of halogens is 3. The molecule has 38 heavy (non-hydrogen) atoms. The first-order valence-corrected chi connectivity index (χ1v) is 13.3. The van der Waals surface area contributed by atoms with Crippen molar-refractivity contribution in [2.75, 3.05) is 52.4 Å². The van der Waals surface area contributed by atoms with Crippen LogP contribution < -0.4 is 0 Å². The number of piperidine rings is 1. The van der Waals surface area contributed by atoms with Crippen molar-refractivity contribution in [1.29, 1.82) is 0 Å². The topological polar surface area (TPSA) is 22.6 Å². The van der Waals surface area contributed by atoms with E-state index in [-0.39, 0.29) is 30.6 Å². The molecule has 1 aromatic heterocycles. The zero-order valence-corrected chi connectivity index (χ0v) is 23.6. The van der Waals surface area contributed by atoms with E-state index in [1.54, 1.807) is 5.57 Å². The number of piperazine rings is 1. The largest absolute Gasteiger partial charge is 0.303 e. The van der Waals surface area contributed by atoms with E-state index in [9.17, 15) is 4.39 Å². The lowest BCUT2D eigenvalue weighted by Gasteiger charge is -2.35. The van der Waals surface area contributed by atoms with E-state index in [1.165, 1.54) is 56.0 Å². The van der Waals surface area contributed by atoms with Gasteiger partial charge in [-0.2, -0.15) is 0 Å². The molecule has 0 atom stereocenters. The summed E-state index contributed by atoms with van der Waals surface area (Å²) in [5.74, 6) is -0.193. The number of hydrogen-bond donors (Lipinski definition) is 0. The van der Waals surface area contributed by atoms with Gasteiger partial charge in [0.15, 0.2) is 0 Å². The molecule has 4 nitrogen and oxygen atoms in total. The van der Waals surface area contributed by atoms with E-state index in [0.29, 0.717) is 0 Å². The Morgan fingerprint density at radius 3 is 1.87 bits per heavy atom. The molecule has 3 aromatic rings. The maximum atomic E-state index is 13.2. The van der Waals surface area contributed by atoms with E-state index in [4.69, 9.17) is 0 Å². The maximum absolute atomic E-state index is 13.2. The van der Waals surface area contributed by atoms with Gasteiger partial charge in [-0.25, -0.2) is 4.39 Å². The number of likely N-dealkylation sites (tertiary alicyclic amines) is 1. The second-order valence-electron chi connectivity index (χ2n) is 10.1. The predicted molar refractivity (Wildman–Crippen MR) is 161 cm³/mol. The van der Waals surface area contributed by atoms with Crippen LogP contribution in [0.3, 0.4) is 0 Å². The average Bonchev–Trinajstić information content (AvgIpc) is 2.92. The van der Waals surface area contributed by atoms with Crippen molar-refractivity contribution < 1.29 is 4.39 Å². The van der Waals surface area contributed by atoms with Gasteiger partial charge in [0.2, 0.25) is 0 Å². The number of aromatic nitrogens is 1. The van der Waals surface area contributed by atoms with Crippen molar-refractivity contribution in [2.45, 2.75) is 25.8 Å². The molecule has 2 aromatic carbocycles. The first-order chi connectivity index (χ1) is 17.7. The minimum absolute atomic E-state index is 0. The van der Waals surface area contributed by atoms with Crippen molar-refractivity contribution in [3.05, 3.63) is 95.6 Å². The Kier molecular flexibility index (Phi) is 12.2. The van der Waals surface area contributed by atoms with Crippen molar-refractivity contribution in [2.24, 2.45) is 0 Å². The second kappa shape index (κ2) is 15.3. The highest BCUT2D eigenvalue weighted by molar-refractivity contribution is 5.85. The monoisotopic (exact) mass is 556 g/mol. The molecule has 0 N–H and O–H groups in total. The summed E-state index contributed by atoms with van der Waals surface area (Å²) in [7, 11) is 0. The lowest BCUT2D eigenvalue weighted by Crippen LogP contribution is -2.46. The Hall–Kier alpha value is -2.28. The fraction of sp³-hybridized carbons (Fsp3) is 0.387. The number of benzene rings is 2. The molecular weight excluding hydrogens is 518 g/mol. The number of nitrogens with zero attached hydrogens (tertiary/aromatic N) is 4. The summed E-state index contributed by atoms with van der Waals surface area (Å²) >= 11 is 0. The third-order valence-electron chi connectivity index (χ3n) is 7.48. The summed E-state index contributed by atoms with van der Waals surface area (Å²) in [6, 6.07) is 21.5. The van der Waals surface area contributed by atoms with E-state index < -0.39 is 0 Å². The van der Waals surface area contributed by atoms with E-state index >= 15 is 0 Å². The van der Waals surface area contributed by atoms with Crippen molar-refractivity contribution in [1.82, 2.24) is 19.7 Å². The molecule has 2 aliphatic heterocycles. The van der Waals surface area contributed by atoms with Gasteiger partial charge in [-0.15, -0.1) is 24.8 Å². The Balaban J connectivity index is 0.00000200. The van der Waals surface area contributed by atoms with Crippen LogP contribution in [0.5, 0.6) is 0 Å². The molecule has 0 saturated carbocycles. The van der Waals surface area contributed by atoms with Gasteiger partial charge in [0, 0.05) is 52.0 Å². The molecule has 3 heterocycles. The molecule has 7 heteroatoms. The Morgan fingerprint density at radius 2 is 1.26 bits per heavy atom. The molecular formula is C31H39Cl2FN4. The molecule has 0 spiro atoms. The Bertz CT molecular complexity index is 1100. The highest BCUT2D eigenvalue weighted by Crippen LogP contribution is 2.23. The van der Waals surface area contributed by atoms with Gasteiger partial charge in [-0.1, -0.05) is 54.1 Å². The smallest absolute Gasteiger partial charge is 0.123 e. The molecule has 2 saturated heterocycles. The van der Waals surface area contributed by atoms with Gasteiger partial charge in [0.05, 0.1) is 5.69 Å². The van der Waals surface area contributed by atoms with Crippen LogP contribution in [0.2, 0.25) is 0 Å². The summed E-state index contributed by atoms with van der Waals surface area (Å²) in [4.78, 5) is 12.2. The number of rotatable bonds is 8. The summed E-state index contributed by atoms with van der Waals surface area (Å²) in [5, 5.41) is 0. The van der Waals surface area contributed by atoms with Gasteiger partial charge in [0.1, 0.15) is 5.82 Å². The van der Waals surface area contributed by atoms with Gasteiger partial charge < -0.3 is 9.80 Å². The van der Waals surface area contributed by atoms with Gasteiger partial charge in [-0.3, -0.25) is 9.88 Å². The van der Waals surface area contributed by atoms with Gasteiger partial charge in [-0.05, 0) is 73.3 Å². The zero-order valence-electron chi connectivity index (χ0n) is 22.0. The first kappa shape index (κ1) is 30.3. The summed E-state index contributed by atoms with van der Waals surface area (Å²) < 4.78 is 13.2. The number of hydrogen-bond acceptors (Lipinski definition) is 4. The van der Waals surface area contributed by atoms with Crippen LogP contribution in [0.1, 0.15) is 30.5 Å². The number of pyridine rings is 1. The van der Waals surface area contributed by atoms with E-state index in [1.807, 2.05) is 24.4 Å². The molecule has 2 fully saturated rings. The molecule has 2 aliphatic rings. The van der Waals surface area contributed by atoms with Crippen LogP contribution in [0.25, 0.3) is 17.2 Å². The lowest BCUT2D eigenvalue weighted by molar-refractivity contribution is 0.120. The van der Waals surface area contributed by atoms with E-state index in [0.717, 1.165) is 56.7 Å². The Morgan fingerprint density at radius 1 is 0.684 bits per heavy atom. The molecule has 0 radical (unpaired) electrons. The molecule has 0 bridgehead atoms. The van der Waals surface area contributed by atoms with Crippen LogP contribution in [-0.2, 0) is 6.54 Å². The third-order valence-corrected chi connectivity index (χ3v) is 7.48. The summed E-state index contributed by atoms with van der Waals surface area (Å²) in [6.45, 7) is 10.3. The van der Waals surface area contributed by atoms with Crippen LogP contribution in [0.15, 0.2) is 78.5 Å². The molecule has 0 amide bonds. The molecule has 0 aliphatic carbocycles. The summed E-state index contributed by atoms with van der Waals surface area (Å²) in [5.41, 5.74) is 6.15. The minimum Gasteiger partial charge on any atom is -0.303 e. The lowest BCUT2D eigenvalue weighted by atomic mass is 9.99. The minimum atomic E-state index is -0.193. The standard InChI is InChI=1S/C31H37FN4.2ClH/c32-30-11-9-29(10-12-30)28-7-5-26(6-8-28)24-27-13-18-34(19-14-27)16-3-17-35-20-22-36(23-21-35)25-31-4-1-2-15-33-31;;/h1-2,4-12,15,24H,3,13-14,16-23,25H2;2*1H. The zero-order chi connectivity index (χ0) is 24.6. The third kappa shape index (κ3) is 8.89. The van der Waals surface area contributed by atoms with Crippen LogP contribution >= 0.6 is 24.8 Å². The van der Waals surface area contributed by atoms with Gasteiger partial charge in [0.25, 0.3) is 0 Å². The maximum Gasteiger partial charge on any atom is 0.123 e. The van der Waals surface area contributed by atoms with Crippen LogP contribution in [-0.4, -0.2) is 72.0 Å². The highest BCUT2D eigenvalue weighted by Gasteiger charge is 2.18. The fourth-order valence-corrected chi connectivity index (χ4v) is 5.27. The molecule has 5 rings (SSSR count). The Labute approximate surface area is 239 Å². The van der Waals surface area contributed by atoms with Gasteiger partial charge >= 0.3 is 0 Å². The normalized spacial score (nSPS) is 16.9. The molecule has 204 valence electrons. The molecule has 0 unspecified atom stereocenters. The van der Waals surface area contributed by atoms with Crippen molar-refractivity contribution >= 4 is 30.9 Å². The second-order valence-corrected chi connectivity index (χ2v) is 10.1. The first-order valence-electron chi connectivity index (χ1n) is 13.3. The highest BCUT2D eigenvalue weighted by atomic mass is 35.5. The van der Waals surface area contributed by atoms with Crippen molar-refractivity contribution in [3.63, 3.8) is 0 Å². The predicted octanol–water partition coefficient (Wildman–Crippen LogP) is 6.42. The van der Waals surface area contributed by atoms with Crippen LogP contribution in [0, 0.1) is 5.82 Å². The van der Waals surface area contributed by atoms with E-state index in [2.05, 4.69) is 62.2 Å². The average molecular weight is 558 g/mol. The summed E-state index contributed by atoms with van der Waals surface area (Å²) in [6.07, 6.45) is 7.82. The SMILES string of the molecule is Cl.Cl.Fc1ccc(-c2ccc(C=C3CCN(CCCN4CCN(Cc5ccccn5)CC4)CC3)cc2)cc1.